The SMILES string of the molecule is O=C(O)COCCNC(=O)NC1CN2CCC1CC2. The Morgan fingerprint density at radius 3 is 2.63 bits per heavy atom. The number of amides is 2. The molecule has 1 atom stereocenters. The Labute approximate surface area is 112 Å². The number of hydrogen-bond donors (Lipinski definition) is 3. The summed E-state index contributed by atoms with van der Waals surface area (Å²) in [6.45, 7) is 3.43. The van der Waals surface area contributed by atoms with Crippen LogP contribution in [-0.2, 0) is 9.53 Å². The zero-order chi connectivity index (χ0) is 13.7. The Hall–Kier alpha value is -1.34. The summed E-state index contributed by atoms with van der Waals surface area (Å²) in [5.74, 6) is -0.407. The maximum absolute atomic E-state index is 11.7. The molecule has 7 heteroatoms. The molecule has 2 amide bonds. The standard InChI is InChI=1S/C12H21N3O4/c16-11(17)8-19-6-3-13-12(18)14-10-7-15-4-1-9(10)2-5-15/h9-10H,1-8H2,(H,16,17)(H2,13,14,18). The van der Waals surface area contributed by atoms with E-state index in [4.69, 9.17) is 9.84 Å². The van der Waals surface area contributed by atoms with E-state index in [-0.39, 0.29) is 25.3 Å². The number of carbonyl (C=O) groups is 2. The van der Waals surface area contributed by atoms with Gasteiger partial charge in [0, 0.05) is 19.1 Å². The molecular formula is C12H21N3O4. The van der Waals surface area contributed by atoms with Gasteiger partial charge in [0.2, 0.25) is 0 Å². The van der Waals surface area contributed by atoms with Crippen molar-refractivity contribution in [2.24, 2.45) is 5.92 Å². The number of carboxylic acid groups (broad SMARTS) is 1. The molecule has 0 spiro atoms. The largest absolute Gasteiger partial charge is 0.480 e. The highest BCUT2D eigenvalue weighted by molar-refractivity contribution is 5.74. The fraction of sp³-hybridized carbons (Fsp3) is 0.833. The Balaban J connectivity index is 1.58. The lowest BCUT2D eigenvalue weighted by molar-refractivity contribution is -0.142. The third-order valence-corrected chi connectivity index (χ3v) is 3.73. The zero-order valence-corrected chi connectivity index (χ0v) is 10.9. The van der Waals surface area contributed by atoms with Crippen LogP contribution < -0.4 is 10.6 Å². The fourth-order valence-corrected chi connectivity index (χ4v) is 2.74. The molecule has 3 saturated heterocycles. The van der Waals surface area contributed by atoms with Crippen molar-refractivity contribution in [2.75, 3.05) is 39.4 Å². The molecular weight excluding hydrogens is 250 g/mol. The molecule has 1 unspecified atom stereocenters. The van der Waals surface area contributed by atoms with Crippen LogP contribution >= 0.6 is 0 Å². The van der Waals surface area contributed by atoms with Gasteiger partial charge >= 0.3 is 12.0 Å². The Kier molecular flexibility index (Phi) is 4.98. The third-order valence-electron chi connectivity index (χ3n) is 3.73. The molecule has 3 fully saturated rings. The predicted octanol–water partition coefficient (Wildman–Crippen LogP) is -0.519. The lowest BCUT2D eigenvalue weighted by Gasteiger charge is -2.44. The van der Waals surface area contributed by atoms with Gasteiger partial charge in [0.1, 0.15) is 6.61 Å². The number of nitrogens with zero attached hydrogens (tertiary/aromatic N) is 1. The van der Waals surface area contributed by atoms with Crippen molar-refractivity contribution in [3.05, 3.63) is 0 Å². The first-order valence-corrected chi connectivity index (χ1v) is 6.71. The molecule has 3 rings (SSSR count). The number of carboxylic acids is 1. The molecule has 3 heterocycles. The molecule has 0 aliphatic carbocycles. The number of carbonyl (C=O) groups excluding carboxylic acids is 1. The van der Waals surface area contributed by atoms with Gasteiger partial charge in [-0.2, -0.15) is 0 Å². The second-order valence-electron chi connectivity index (χ2n) is 5.09. The summed E-state index contributed by atoms with van der Waals surface area (Å²) >= 11 is 0. The van der Waals surface area contributed by atoms with Crippen LogP contribution in [-0.4, -0.2) is 67.4 Å². The minimum absolute atomic E-state index is 0.197. The minimum atomic E-state index is -1.00. The molecule has 0 saturated carbocycles. The number of ether oxygens (including phenoxy) is 1. The lowest BCUT2D eigenvalue weighted by atomic mass is 9.84. The van der Waals surface area contributed by atoms with Gasteiger partial charge in [-0.3, -0.25) is 0 Å². The molecule has 19 heavy (non-hydrogen) atoms. The first-order valence-electron chi connectivity index (χ1n) is 6.71. The number of rotatable bonds is 6. The van der Waals surface area contributed by atoms with E-state index in [2.05, 4.69) is 15.5 Å². The normalized spacial score (nSPS) is 28.9. The van der Waals surface area contributed by atoms with E-state index in [1.54, 1.807) is 0 Å². The van der Waals surface area contributed by atoms with Crippen LogP contribution in [0.4, 0.5) is 4.79 Å². The quantitative estimate of drug-likeness (QED) is 0.566. The highest BCUT2D eigenvalue weighted by Gasteiger charge is 2.34. The number of nitrogens with one attached hydrogen (secondary N) is 2. The zero-order valence-electron chi connectivity index (χ0n) is 10.9. The fourth-order valence-electron chi connectivity index (χ4n) is 2.74. The van der Waals surface area contributed by atoms with Gasteiger partial charge in [-0.05, 0) is 31.8 Å². The first kappa shape index (κ1) is 14.1. The van der Waals surface area contributed by atoms with Crippen molar-refractivity contribution in [2.45, 2.75) is 18.9 Å². The van der Waals surface area contributed by atoms with Crippen molar-refractivity contribution >= 4 is 12.0 Å². The van der Waals surface area contributed by atoms with Gasteiger partial charge in [0.05, 0.1) is 6.61 Å². The van der Waals surface area contributed by atoms with E-state index in [0.29, 0.717) is 12.5 Å². The minimum Gasteiger partial charge on any atom is -0.480 e. The summed E-state index contributed by atoms with van der Waals surface area (Å²) in [5, 5.41) is 14.0. The molecule has 0 radical (unpaired) electrons. The van der Waals surface area contributed by atoms with Gasteiger partial charge in [0.15, 0.2) is 0 Å². The third kappa shape index (κ3) is 4.36. The van der Waals surface area contributed by atoms with Crippen molar-refractivity contribution in [1.82, 2.24) is 15.5 Å². The van der Waals surface area contributed by atoms with E-state index in [1.165, 1.54) is 0 Å². The number of aliphatic carboxylic acids is 1. The van der Waals surface area contributed by atoms with Crippen LogP contribution in [0.1, 0.15) is 12.8 Å². The summed E-state index contributed by atoms with van der Waals surface area (Å²) in [4.78, 5) is 24.3. The van der Waals surface area contributed by atoms with Gasteiger partial charge in [-0.25, -0.2) is 9.59 Å². The molecule has 0 aromatic rings. The Morgan fingerprint density at radius 1 is 1.32 bits per heavy atom. The van der Waals surface area contributed by atoms with Crippen LogP contribution in [0.3, 0.4) is 0 Å². The molecule has 3 N–H and O–H groups in total. The molecule has 0 aromatic carbocycles. The molecule has 3 aliphatic heterocycles. The molecule has 0 aromatic heterocycles. The molecule has 3 aliphatic rings. The maximum Gasteiger partial charge on any atom is 0.329 e. The average Bonchev–Trinajstić information content (AvgIpc) is 2.39. The van der Waals surface area contributed by atoms with Crippen molar-refractivity contribution in [1.29, 1.82) is 0 Å². The first-order chi connectivity index (χ1) is 9.15. The van der Waals surface area contributed by atoms with Gasteiger partial charge < -0.3 is 25.4 Å². The van der Waals surface area contributed by atoms with Crippen LogP contribution in [0.15, 0.2) is 0 Å². The van der Waals surface area contributed by atoms with Gasteiger partial charge in [-0.15, -0.1) is 0 Å². The van der Waals surface area contributed by atoms with Crippen LogP contribution in [0.25, 0.3) is 0 Å². The Morgan fingerprint density at radius 2 is 2.05 bits per heavy atom. The van der Waals surface area contributed by atoms with Crippen molar-refractivity contribution in [3.8, 4) is 0 Å². The topological polar surface area (TPSA) is 90.9 Å². The predicted molar refractivity (Wildman–Crippen MR) is 67.9 cm³/mol. The van der Waals surface area contributed by atoms with Crippen molar-refractivity contribution < 1.29 is 19.4 Å². The summed E-state index contributed by atoms with van der Waals surface area (Å²) in [6.07, 6.45) is 2.32. The Bertz CT molecular complexity index is 329. The summed E-state index contributed by atoms with van der Waals surface area (Å²) in [5.41, 5.74) is 0. The van der Waals surface area contributed by atoms with Crippen LogP contribution in [0.5, 0.6) is 0 Å². The number of fused-ring (bicyclic) bond motifs is 3. The van der Waals surface area contributed by atoms with Gasteiger partial charge in [0.25, 0.3) is 0 Å². The molecule has 108 valence electrons. The monoisotopic (exact) mass is 271 g/mol. The van der Waals surface area contributed by atoms with Crippen LogP contribution in [0.2, 0.25) is 0 Å². The average molecular weight is 271 g/mol. The van der Waals surface area contributed by atoms with E-state index in [9.17, 15) is 9.59 Å². The van der Waals surface area contributed by atoms with Crippen LogP contribution in [0, 0.1) is 5.92 Å². The van der Waals surface area contributed by atoms with Gasteiger partial charge in [-0.1, -0.05) is 0 Å². The van der Waals surface area contributed by atoms with E-state index < -0.39 is 5.97 Å². The molecule has 7 nitrogen and oxygen atoms in total. The van der Waals surface area contributed by atoms with E-state index in [0.717, 1.165) is 32.5 Å². The highest BCUT2D eigenvalue weighted by atomic mass is 16.5. The second-order valence-corrected chi connectivity index (χ2v) is 5.09. The maximum atomic E-state index is 11.7. The number of hydrogen-bond acceptors (Lipinski definition) is 4. The van der Waals surface area contributed by atoms with Crippen molar-refractivity contribution in [3.63, 3.8) is 0 Å². The van der Waals surface area contributed by atoms with E-state index in [1.807, 2.05) is 0 Å². The summed E-state index contributed by atoms with van der Waals surface area (Å²) in [7, 11) is 0. The summed E-state index contributed by atoms with van der Waals surface area (Å²) in [6, 6.07) is 0.0418. The summed E-state index contributed by atoms with van der Waals surface area (Å²) < 4.78 is 4.83. The smallest absolute Gasteiger partial charge is 0.329 e. The molecule has 2 bridgehead atoms. The number of urea groups is 1. The van der Waals surface area contributed by atoms with E-state index >= 15 is 0 Å². The highest BCUT2D eigenvalue weighted by Crippen LogP contribution is 2.27. The lowest BCUT2D eigenvalue weighted by Crippen LogP contribution is -2.58. The number of piperidine rings is 3. The second kappa shape index (κ2) is 6.72.